The van der Waals surface area contributed by atoms with Gasteiger partial charge in [-0.3, -0.25) is 14.7 Å². The van der Waals surface area contributed by atoms with E-state index < -0.39 is 18.3 Å². The molecule has 1 saturated heterocycles. The summed E-state index contributed by atoms with van der Waals surface area (Å²) in [5.74, 6) is 0.841. The van der Waals surface area contributed by atoms with Crippen molar-refractivity contribution in [2.24, 2.45) is 0 Å². The number of anilines is 1. The average molecular weight is 587 g/mol. The van der Waals surface area contributed by atoms with Gasteiger partial charge < -0.3 is 20.1 Å². The largest absolute Gasteiger partial charge is 0.493 e. The minimum Gasteiger partial charge on any atom is -0.493 e. The van der Waals surface area contributed by atoms with Gasteiger partial charge in [0, 0.05) is 48.9 Å². The molecule has 1 fully saturated rings. The summed E-state index contributed by atoms with van der Waals surface area (Å²) in [6.45, 7) is 8.31. The first-order valence-corrected chi connectivity index (χ1v) is 14.0. The minimum atomic E-state index is -4.53. The Hall–Kier alpha value is -3.80. The molecule has 0 spiro atoms. The highest BCUT2D eigenvalue weighted by molar-refractivity contribution is 5.93. The summed E-state index contributed by atoms with van der Waals surface area (Å²) in [5.41, 5.74) is 1.72. The second kappa shape index (κ2) is 11.5. The molecular formula is C30H37F3N6O3. The monoisotopic (exact) mass is 586 g/mol. The van der Waals surface area contributed by atoms with Crippen LogP contribution in [0, 0.1) is 0 Å². The number of likely N-dealkylation sites (tertiary alicyclic amines) is 1. The molecule has 3 aromatic rings. The quantitative estimate of drug-likeness (QED) is 0.388. The van der Waals surface area contributed by atoms with Crippen molar-refractivity contribution in [1.82, 2.24) is 25.0 Å². The van der Waals surface area contributed by atoms with Gasteiger partial charge in [0.25, 0.3) is 5.91 Å². The van der Waals surface area contributed by atoms with Crippen LogP contribution in [0.3, 0.4) is 0 Å². The Morgan fingerprint density at radius 1 is 1.02 bits per heavy atom. The molecule has 2 N–H and O–H groups in total. The van der Waals surface area contributed by atoms with E-state index in [1.54, 1.807) is 36.4 Å². The maximum atomic E-state index is 14.3. The van der Waals surface area contributed by atoms with E-state index in [9.17, 15) is 18.0 Å². The molecule has 2 aliphatic rings. The third-order valence-electron chi connectivity index (χ3n) is 8.07. The van der Waals surface area contributed by atoms with Gasteiger partial charge in [0.05, 0.1) is 26.0 Å². The molecule has 5 rings (SSSR count). The lowest BCUT2D eigenvalue weighted by atomic mass is 9.96. The number of carbonyl (C=O) groups excluding carboxylic acids is 1. The van der Waals surface area contributed by atoms with E-state index >= 15 is 0 Å². The van der Waals surface area contributed by atoms with Crippen molar-refractivity contribution in [3.8, 4) is 22.8 Å². The van der Waals surface area contributed by atoms with Gasteiger partial charge in [-0.05, 0) is 63.4 Å². The Kier molecular flexibility index (Phi) is 8.10. The number of hydrogen-bond donors (Lipinski definition) is 2. The zero-order valence-corrected chi connectivity index (χ0v) is 24.5. The number of pyridine rings is 1. The normalized spacial score (nSPS) is 20.0. The van der Waals surface area contributed by atoms with Crippen LogP contribution >= 0.6 is 0 Å². The number of alkyl halides is 3. The number of piperidine rings is 1. The van der Waals surface area contributed by atoms with Crippen LogP contribution in [-0.4, -0.2) is 70.6 Å². The summed E-state index contributed by atoms with van der Waals surface area (Å²) in [4.78, 5) is 19.7. The van der Waals surface area contributed by atoms with Crippen LogP contribution in [-0.2, 0) is 0 Å². The van der Waals surface area contributed by atoms with Crippen molar-refractivity contribution in [1.29, 1.82) is 0 Å². The molecule has 2 aromatic heterocycles. The highest BCUT2D eigenvalue weighted by atomic mass is 19.4. The Bertz CT molecular complexity index is 1430. The molecule has 12 heteroatoms. The summed E-state index contributed by atoms with van der Waals surface area (Å²) in [6, 6.07) is 7.41. The van der Waals surface area contributed by atoms with Crippen molar-refractivity contribution < 1.29 is 27.4 Å². The summed E-state index contributed by atoms with van der Waals surface area (Å²) >= 11 is 0. The third kappa shape index (κ3) is 6.18. The van der Waals surface area contributed by atoms with Crippen molar-refractivity contribution in [2.75, 3.05) is 32.6 Å². The van der Waals surface area contributed by atoms with Crippen LogP contribution in [0.5, 0.6) is 11.5 Å². The fraction of sp³-hybridized carbons (Fsp3) is 0.500. The minimum absolute atomic E-state index is 0.0340. The summed E-state index contributed by atoms with van der Waals surface area (Å²) in [6.07, 6.45) is -1.64. The van der Waals surface area contributed by atoms with Crippen LogP contribution in [0.4, 0.5) is 19.0 Å². The standard InChI is InChI=1S/C30H37F3N6O3/c1-29(2,3)38-12-9-20(10-13-38)35-28(40)23-14-19(8-11-34-23)22-17-27-36-21(16-26(30(31,32)33)39(27)37-22)18-6-7-24(41-4)25(15-18)42-5/h6-8,11,14-15,17,20-21,26,36H,9-10,12-13,16H2,1-5H3,(H,35,40). The van der Waals surface area contributed by atoms with Crippen molar-refractivity contribution in [3.05, 3.63) is 53.9 Å². The number of benzene rings is 1. The van der Waals surface area contributed by atoms with E-state index in [0.29, 0.717) is 28.3 Å². The molecule has 4 heterocycles. The molecule has 2 unspecified atom stereocenters. The van der Waals surface area contributed by atoms with Crippen molar-refractivity contribution in [3.63, 3.8) is 0 Å². The molecule has 0 bridgehead atoms. The van der Waals surface area contributed by atoms with E-state index in [1.165, 1.54) is 20.4 Å². The van der Waals surface area contributed by atoms with E-state index in [1.807, 2.05) is 0 Å². The van der Waals surface area contributed by atoms with E-state index in [2.05, 4.69) is 46.4 Å². The van der Waals surface area contributed by atoms with E-state index in [-0.39, 0.29) is 35.4 Å². The molecule has 226 valence electrons. The number of amides is 1. The van der Waals surface area contributed by atoms with Gasteiger partial charge in [0.15, 0.2) is 17.5 Å². The van der Waals surface area contributed by atoms with Gasteiger partial charge in [0.1, 0.15) is 11.5 Å². The Morgan fingerprint density at radius 2 is 1.74 bits per heavy atom. The number of ether oxygens (including phenoxy) is 2. The van der Waals surface area contributed by atoms with E-state index in [4.69, 9.17) is 9.47 Å². The van der Waals surface area contributed by atoms with Gasteiger partial charge in [-0.15, -0.1) is 0 Å². The lowest BCUT2D eigenvalue weighted by molar-refractivity contribution is -0.173. The molecule has 0 saturated carbocycles. The highest BCUT2D eigenvalue weighted by Crippen LogP contribution is 2.45. The number of nitrogens with one attached hydrogen (secondary N) is 2. The molecule has 0 aliphatic carbocycles. The highest BCUT2D eigenvalue weighted by Gasteiger charge is 2.46. The predicted molar refractivity (Wildman–Crippen MR) is 153 cm³/mol. The van der Waals surface area contributed by atoms with Gasteiger partial charge in [-0.1, -0.05) is 6.07 Å². The molecule has 2 atom stereocenters. The maximum absolute atomic E-state index is 14.3. The number of carbonyl (C=O) groups is 1. The molecule has 9 nitrogen and oxygen atoms in total. The third-order valence-corrected chi connectivity index (χ3v) is 8.07. The predicted octanol–water partition coefficient (Wildman–Crippen LogP) is 5.62. The van der Waals surface area contributed by atoms with Crippen LogP contribution in [0.25, 0.3) is 11.3 Å². The number of nitrogens with zero attached hydrogens (tertiary/aromatic N) is 4. The van der Waals surface area contributed by atoms with Gasteiger partial charge in [-0.25, -0.2) is 4.68 Å². The lowest BCUT2D eigenvalue weighted by Gasteiger charge is -2.41. The SMILES string of the molecule is COc1ccc(C2CC(C(F)(F)F)n3nc(-c4ccnc(C(=O)NC5CCN(C(C)(C)C)CC5)c4)cc3N2)cc1OC. The zero-order valence-electron chi connectivity index (χ0n) is 24.5. The smallest absolute Gasteiger partial charge is 0.410 e. The summed E-state index contributed by atoms with van der Waals surface area (Å²) in [5, 5.41) is 10.6. The van der Waals surface area contributed by atoms with Crippen LogP contribution < -0.4 is 20.1 Å². The van der Waals surface area contributed by atoms with E-state index in [0.717, 1.165) is 30.6 Å². The summed E-state index contributed by atoms with van der Waals surface area (Å²) < 4.78 is 54.4. The van der Waals surface area contributed by atoms with Gasteiger partial charge in [-0.2, -0.15) is 18.3 Å². The fourth-order valence-electron chi connectivity index (χ4n) is 5.67. The molecule has 1 aromatic carbocycles. The molecule has 0 radical (unpaired) electrons. The lowest BCUT2D eigenvalue weighted by Crippen LogP contribution is -2.50. The topological polar surface area (TPSA) is 93.5 Å². The Morgan fingerprint density at radius 3 is 2.38 bits per heavy atom. The second-order valence-electron chi connectivity index (χ2n) is 11.8. The number of methoxy groups -OCH3 is 2. The summed E-state index contributed by atoms with van der Waals surface area (Å²) in [7, 11) is 2.98. The molecule has 42 heavy (non-hydrogen) atoms. The van der Waals surface area contributed by atoms with Gasteiger partial charge >= 0.3 is 6.18 Å². The van der Waals surface area contributed by atoms with Crippen LogP contribution in [0.1, 0.15) is 68.2 Å². The Balaban J connectivity index is 1.36. The zero-order chi connectivity index (χ0) is 30.2. The first-order chi connectivity index (χ1) is 19.9. The fourth-order valence-corrected chi connectivity index (χ4v) is 5.67. The maximum Gasteiger partial charge on any atom is 0.410 e. The van der Waals surface area contributed by atoms with Crippen molar-refractivity contribution in [2.45, 2.75) is 69.9 Å². The van der Waals surface area contributed by atoms with Crippen LogP contribution in [0.15, 0.2) is 42.6 Å². The molecule has 2 aliphatic heterocycles. The first kappa shape index (κ1) is 29.7. The van der Waals surface area contributed by atoms with Crippen molar-refractivity contribution >= 4 is 11.7 Å². The Labute approximate surface area is 243 Å². The first-order valence-electron chi connectivity index (χ1n) is 14.0. The number of hydrogen-bond acceptors (Lipinski definition) is 7. The van der Waals surface area contributed by atoms with Gasteiger partial charge in [0.2, 0.25) is 0 Å². The number of aromatic nitrogens is 3. The number of halogens is 3. The number of fused-ring (bicyclic) bond motifs is 1. The average Bonchev–Trinajstić information content (AvgIpc) is 3.40. The second-order valence-corrected chi connectivity index (χ2v) is 11.8. The molecular weight excluding hydrogens is 549 g/mol. The number of rotatable bonds is 6. The van der Waals surface area contributed by atoms with Crippen LogP contribution in [0.2, 0.25) is 0 Å². The molecule has 1 amide bonds.